The largest absolute Gasteiger partial charge is 0.298 e. The fraction of sp³-hybridized carbons (Fsp3) is 0.100. The maximum atomic E-state index is 13.3. The average molecular weight is 224 g/mol. The van der Waals surface area contributed by atoms with Crippen LogP contribution in [0.2, 0.25) is 0 Å². The first-order valence-corrected chi connectivity index (χ1v) is 4.40. The molecule has 82 valence electrons. The summed E-state index contributed by atoms with van der Waals surface area (Å²) in [7, 11) is 0. The highest BCUT2D eigenvalue weighted by molar-refractivity contribution is 5.87. The van der Waals surface area contributed by atoms with E-state index in [2.05, 4.69) is 4.98 Å². The number of benzene rings is 1. The van der Waals surface area contributed by atoms with Crippen LogP contribution in [0.1, 0.15) is 5.69 Å². The van der Waals surface area contributed by atoms with Crippen LogP contribution in [0.4, 0.5) is 14.5 Å². The van der Waals surface area contributed by atoms with Gasteiger partial charge in [0.2, 0.25) is 0 Å². The van der Waals surface area contributed by atoms with Gasteiger partial charge in [0.15, 0.2) is 17.2 Å². The fourth-order valence-corrected chi connectivity index (χ4v) is 1.45. The number of nitrogens with zero attached hydrogens (tertiary/aromatic N) is 2. The molecule has 0 aliphatic carbocycles. The molecule has 0 bridgehead atoms. The Morgan fingerprint density at radius 2 is 2.06 bits per heavy atom. The molecular formula is C10H6F2N2O2. The first kappa shape index (κ1) is 10.4. The Morgan fingerprint density at radius 1 is 1.38 bits per heavy atom. The second kappa shape index (κ2) is 3.48. The lowest BCUT2D eigenvalue weighted by atomic mass is 10.1. The van der Waals surface area contributed by atoms with E-state index in [-0.39, 0.29) is 10.9 Å². The first-order valence-electron chi connectivity index (χ1n) is 4.40. The minimum absolute atomic E-state index is 0.135. The number of nitro groups is 1. The zero-order valence-electron chi connectivity index (χ0n) is 8.20. The van der Waals surface area contributed by atoms with Crippen molar-refractivity contribution in [1.29, 1.82) is 0 Å². The van der Waals surface area contributed by atoms with E-state index in [0.29, 0.717) is 11.8 Å². The van der Waals surface area contributed by atoms with E-state index in [0.717, 1.165) is 0 Å². The van der Waals surface area contributed by atoms with Gasteiger partial charge in [-0.25, -0.2) is 13.8 Å². The van der Waals surface area contributed by atoms with E-state index in [4.69, 9.17) is 0 Å². The molecule has 0 fully saturated rings. The van der Waals surface area contributed by atoms with Crippen molar-refractivity contribution in [2.75, 3.05) is 0 Å². The Morgan fingerprint density at radius 3 is 2.69 bits per heavy atom. The summed E-state index contributed by atoms with van der Waals surface area (Å²) in [4.78, 5) is 13.7. The van der Waals surface area contributed by atoms with Crippen LogP contribution in [0, 0.1) is 28.7 Å². The second-order valence-electron chi connectivity index (χ2n) is 3.30. The van der Waals surface area contributed by atoms with Crippen molar-refractivity contribution in [3.8, 4) is 0 Å². The Balaban J connectivity index is 2.95. The minimum Gasteiger partial charge on any atom is -0.258 e. The van der Waals surface area contributed by atoms with Gasteiger partial charge in [0.25, 0.3) is 5.69 Å². The van der Waals surface area contributed by atoms with Crippen LogP contribution >= 0.6 is 0 Å². The molecule has 16 heavy (non-hydrogen) atoms. The monoisotopic (exact) mass is 224 g/mol. The molecule has 0 N–H and O–H groups in total. The average Bonchev–Trinajstić information content (AvgIpc) is 2.22. The molecule has 1 heterocycles. The normalized spacial score (nSPS) is 10.7. The molecule has 0 saturated heterocycles. The highest BCUT2D eigenvalue weighted by atomic mass is 19.2. The van der Waals surface area contributed by atoms with Crippen molar-refractivity contribution in [2.24, 2.45) is 0 Å². The molecule has 0 spiro atoms. The van der Waals surface area contributed by atoms with Gasteiger partial charge in [-0.2, -0.15) is 0 Å². The summed E-state index contributed by atoms with van der Waals surface area (Å²) in [5.41, 5.74) is -0.164. The molecular weight excluding hydrogens is 218 g/mol. The van der Waals surface area contributed by atoms with Gasteiger partial charge in [-0.1, -0.05) is 0 Å². The topological polar surface area (TPSA) is 56.0 Å². The number of halogens is 2. The number of fused-ring (bicyclic) bond motifs is 1. The summed E-state index contributed by atoms with van der Waals surface area (Å²) in [6, 6.07) is 3.29. The zero-order valence-corrected chi connectivity index (χ0v) is 8.20. The molecule has 1 aromatic heterocycles. The molecule has 4 nitrogen and oxygen atoms in total. The van der Waals surface area contributed by atoms with Gasteiger partial charge in [-0.15, -0.1) is 0 Å². The van der Waals surface area contributed by atoms with E-state index < -0.39 is 22.2 Å². The third-order valence-corrected chi connectivity index (χ3v) is 2.18. The van der Waals surface area contributed by atoms with Crippen molar-refractivity contribution in [2.45, 2.75) is 6.92 Å². The van der Waals surface area contributed by atoms with Gasteiger partial charge in [0, 0.05) is 11.1 Å². The molecule has 1 aromatic carbocycles. The lowest BCUT2D eigenvalue weighted by molar-refractivity contribution is -0.383. The van der Waals surface area contributed by atoms with Crippen LogP contribution in [0.5, 0.6) is 0 Å². The number of nitro benzene ring substituents is 1. The molecule has 0 aliphatic heterocycles. The summed E-state index contributed by atoms with van der Waals surface area (Å²) in [5, 5.41) is 10.5. The van der Waals surface area contributed by atoms with Crippen molar-refractivity contribution in [1.82, 2.24) is 4.98 Å². The smallest absolute Gasteiger partial charge is 0.258 e. The predicted octanol–water partition coefficient (Wildman–Crippen LogP) is 2.73. The lowest BCUT2D eigenvalue weighted by Crippen LogP contribution is -1.97. The van der Waals surface area contributed by atoms with Gasteiger partial charge in [0.1, 0.15) is 0 Å². The van der Waals surface area contributed by atoms with E-state index in [9.17, 15) is 18.9 Å². The van der Waals surface area contributed by atoms with Crippen LogP contribution in [0.3, 0.4) is 0 Å². The number of non-ortho nitro benzene ring substituents is 1. The van der Waals surface area contributed by atoms with Crippen LogP contribution in [0.15, 0.2) is 18.2 Å². The second-order valence-corrected chi connectivity index (χ2v) is 3.30. The number of aryl methyl sites for hydroxylation is 1. The molecule has 2 rings (SSSR count). The molecule has 0 radical (unpaired) electrons. The Bertz CT molecular complexity index is 599. The lowest BCUT2D eigenvalue weighted by Gasteiger charge is -2.02. The van der Waals surface area contributed by atoms with Gasteiger partial charge < -0.3 is 0 Å². The molecule has 0 aliphatic rings. The standard InChI is InChI=1S/C10H6F2N2O2/c1-5-2-3-6-9(12)7(11)4-8(14(15)16)10(6)13-5/h2-4H,1H3. The van der Waals surface area contributed by atoms with Gasteiger partial charge in [-0.05, 0) is 19.1 Å². The number of rotatable bonds is 1. The summed E-state index contributed by atoms with van der Waals surface area (Å²) in [6.07, 6.45) is 0. The molecule has 2 aromatic rings. The van der Waals surface area contributed by atoms with Crippen LogP contribution in [-0.4, -0.2) is 9.91 Å². The maximum absolute atomic E-state index is 13.3. The summed E-state index contributed by atoms with van der Waals surface area (Å²) in [6.45, 7) is 1.62. The third kappa shape index (κ3) is 1.48. The van der Waals surface area contributed by atoms with Crippen molar-refractivity contribution in [3.05, 3.63) is 45.6 Å². The first-order chi connectivity index (χ1) is 7.50. The van der Waals surface area contributed by atoms with Crippen LogP contribution in [0.25, 0.3) is 10.9 Å². The molecule has 0 atom stereocenters. The fourth-order valence-electron chi connectivity index (χ4n) is 1.45. The number of aromatic nitrogens is 1. The van der Waals surface area contributed by atoms with Crippen molar-refractivity contribution >= 4 is 16.6 Å². The van der Waals surface area contributed by atoms with Crippen LogP contribution in [-0.2, 0) is 0 Å². The van der Waals surface area contributed by atoms with Crippen molar-refractivity contribution in [3.63, 3.8) is 0 Å². The predicted molar refractivity (Wildman–Crippen MR) is 53.1 cm³/mol. The van der Waals surface area contributed by atoms with E-state index in [1.165, 1.54) is 12.1 Å². The summed E-state index contributed by atoms with van der Waals surface area (Å²) in [5.74, 6) is -2.36. The number of hydrogen-bond donors (Lipinski definition) is 0. The van der Waals surface area contributed by atoms with E-state index in [1.807, 2.05) is 0 Å². The summed E-state index contributed by atoms with van der Waals surface area (Å²) >= 11 is 0. The molecule has 0 saturated carbocycles. The Kier molecular flexibility index (Phi) is 2.26. The van der Waals surface area contributed by atoms with Gasteiger partial charge >= 0.3 is 0 Å². The molecule has 6 heteroatoms. The minimum atomic E-state index is -1.25. The third-order valence-electron chi connectivity index (χ3n) is 2.18. The Labute approximate surface area is 88.7 Å². The van der Waals surface area contributed by atoms with E-state index in [1.54, 1.807) is 6.92 Å². The van der Waals surface area contributed by atoms with Gasteiger partial charge in [0.05, 0.1) is 11.0 Å². The number of hydrogen-bond acceptors (Lipinski definition) is 3. The SMILES string of the molecule is Cc1ccc2c(F)c(F)cc([N+](=O)[O-])c2n1. The maximum Gasteiger partial charge on any atom is 0.298 e. The molecule has 0 unspecified atom stereocenters. The summed E-state index contributed by atoms with van der Waals surface area (Å²) < 4.78 is 26.4. The quantitative estimate of drug-likeness (QED) is 0.552. The molecule has 0 amide bonds. The zero-order chi connectivity index (χ0) is 11.9. The van der Waals surface area contributed by atoms with E-state index >= 15 is 0 Å². The van der Waals surface area contributed by atoms with Crippen molar-refractivity contribution < 1.29 is 13.7 Å². The highest BCUT2D eigenvalue weighted by Crippen LogP contribution is 2.28. The van der Waals surface area contributed by atoms with Crippen LogP contribution < -0.4 is 0 Å². The Hall–Kier alpha value is -2.11. The number of pyridine rings is 1. The highest BCUT2D eigenvalue weighted by Gasteiger charge is 2.20. The van der Waals surface area contributed by atoms with Gasteiger partial charge in [-0.3, -0.25) is 10.1 Å².